The van der Waals surface area contributed by atoms with Crippen LogP contribution in [0, 0.1) is 13.8 Å². The summed E-state index contributed by atoms with van der Waals surface area (Å²) in [6, 6.07) is 6.70. The van der Waals surface area contributed by atoms with Crippen LogP contribution in [0.4, 0.5) is 11.4 Å². The number of rotatable bonds is 3. The Morgan fingerprint density at radius 2 is 2.10 bits per heavy atom. The van der Waals surface area contributed by atoms with Gasteiger partial charge in [-0.2, -0.15) is 5.10 Å². The maximum absolute atomic E-state index is 11.9. The molecule has 6 nitrogen and oxygen atoms in total. The first-order valence-electron chi connectivity index (χ1n) is 6.15. The van der Waals surface area contributed by atoms with Crippen molar-refractivity contribution in [3.63, 3.8) is 0 Å². The van der Waals surface area contributed by atoms with Crippen LogP contribution in [0.3, 0.4) is 0 Å². The Morgan fingerprint density at radius 1 is 1.35 bits per heavy atom. The lowest BCUT2D eigenvalue weighted by molar-refractivity contribution is -0.117. The number of anilines is 2. The molecule has 3 N–H and O–H groups in total. The highest BCUT2D eigenvalue weighted by atomic mass is 16.2. The minimum Gasteiger partial charge on any atom is -0.399 e. The molecule has 0 aliphatic rings. The summed E-state index contributed by atoms with van der Waals surface area (Å²) in [5, 5.41) is 6.64. The molecular weight excluding hydrogens is 256 g/mol. The molecule has 1 aromatic heterocycles. The quantitative estimate of drug-likeness (QED) is 0.818. The lowest BCUT2D eigenvalue weighted by Crippen LogP contribution is -2.29. The van der Waals surface area contributed by atoms with E-state index in [2.05, 4.69) is 10.4 Å². The summed E-state index contributed by atoms with van der Waals surface area (Å²) >= 11 is 0. The van der Waals surface area contributed by atoms with Gasteiger partial charge in [-0.05, 0) is 37.1 Å². The zero-order chi connectivity index (χ0) is 14.7. The molecule has 0 saturated carbocycles. The fourth-order valence-electron chi connectivity index (χ4n) is 1.74. The van der Waals surface area contributed by atoms with Gasteiger partial charge in [0.2, 0.25) is 5.91 Å². The number of nitrogen functional groups attached to an aromatic ring is 1. The lowest BCUT2D eigenvalue weighted by atomic mass is 10.2. The third kappa shape index (κ3) is 3.23. The molecule has 0 aliphatic carbocycles. The fourth-order valence-corrected chi connectivity index (χ4v) is 1.74. The highest BCUT2D eigenvalue weighted by Crippen LogP contribution is 2.17. The minimum atomic E-state index is -0.322. The number of aromatic nitrogens is 2. The van der Waals surface area contributed by atoms with Gasteiger partial charge in [-0.1, -0.05) is 6.07 Å². The predicted molar refractivity (Wildman–Crippen MR) is 77.5 cm³/mol. The molecule has 1 heterocycles. The van der Waals surface area contributed by atoms with Gasteiger partial charge < -0.3 is 11.1 Å². The van der Waals surface area contributed by atoms with E-state index in [-0.39, 0.29) is 18.0 Å². The van der Waals surface area contributed by atoms with E-state index in [4.69, 9.17) is 5.73 Å². The Balaban J connectivity index is 2.13. The van der Waals surface area contributed by atoms with Crippen molar-refractivity contribution in [1.82, 2.24) is 9.78 Å². The van der Waals surface area contributed by atoms with E-state index in [0.29, 0.717) is 11.4 Å². The lowest BCUT2D eigenvalue weighted by Gasteiger charge is -2.09. The van der Waals surface area contributed by atoms with Crippen molar-refractivity contribution in [2.24, 2.45) is 0 Å². The minimum absolute atomic E-state index is 0.132. The summed E-state index contributed by atoms with van der Waals surface area (Å²) in [5.74, 6) is -0.322. The highest BCUT2D eigenvalue weighted by Gasteiger charge is 2.08. The van der Waals surface area contributed by atoms with Gasteiger partial charge in [0.15, 0.2) is 0 Å². The number of benzene rings is 1. The van der Waals surface area contributed by atoms with Crippen LogP contribution in [-0.2, 0) is 11.3 Å². The third-order valence-electron chi connectivity index (χ3n) is 2.84. The second-order valence-electron chi connectivity index (χ2n) is 4.65. The van der Waals surface area contributed by atoms with Crippen molar-refractivity contribution in [1.29, 1.82) is 0 Å². The molecule has 1 amide bonds. The van der Waals surface area contributed by atoms with Gasteiger partial charge in [0.1, 0.15) is 6.54 Å². The van der Waals surface area contributed by atoms with Crippen LogP contribution in [0.25, 0.3) is 0 Å². The molecule has 0 aliphatic heterocycles. The maximum Gasteiger partial charge on any atom is 0.267 e. The van der Waals surface area contributed by atoms with Gasteiger partial charge in [0.05, 0.1) is 6.20 Å². The molecule has 104 valence electrons. The van der Waals surface area contributed by atoms with Gasteiger partial charge in [-0.25, -0.2) is 4.68 Å². The Labute approximate surface area is 116 Å². The van der Waals surface area contributed by atoms with Crippen molar-refractivity contribution < 1.29 is 4.79 Å². The molecule has 0 saturated heterocycles. The van der Waals surface area contributed by atoms with Crippen molar-refractivity contribution in [2.75, 3.05) is 11.1 Å². The first kappa shape index (κ1) is 13.8. The molecule has 20 heavy (non-hydrogen) atoms. The molecule has 2 aromatic rings. The fraction of sp³-hybridized carbons (Fsp3) is 0.214. The summed E-state index contributed by atoms with van der Waals surface area (Å²) in [4.78, 5) is 23.6. The summed E-state index contributed by atoms with van der Waals surface area (Å²) in [6.07, 6.45) is 1.54. The average molecular weight is 272 g/mol. The van der Waals surface area contributed by atoms with E-state index >= 15 is 0 Å². The summed E-state index contributed by atoms with van der Waals surface area (Å²) in [5.41, 5.74) is 8.24. The van der Waals surface area contributed by atoms with E-state index in [1.165, 1.54) is 6.07 Å². The number of nitrogens with zero attached hydrogens (tertiary/aromatic N) is 2. The topological polar surface area (TPSA) is 90.0 Å². The Hall–Kier alpha value is -2.63. The molecule has 0 spiro atoms. The number of nitrogens with two attached hydrogens (primary N) is 1. The first-order valence-corrected chi connectivity index (χ1v) is 6.15. The van der Waals surface area contributed by atoms with Gasteiger partial charge in [0.25, 0.3) is 5.56 Å². The first-order chi connectivity index (χ1) is 9.45. The zero-order valence-electron chi connectivity index (χ0n) is 11.4. The highest BCUT2D eigenvalue weighted by molar-refractivity contribution is 5.91. The Morgan fingerprint density at radius 3 is 2.80 bits per heavy atom. The molecule has 0 bridgehead atoms. The second kappa shape index (κ2) is 5.56. The van der Waals surface area contributed by atoms with E-state index < -0.39 is 0 Å². The van der Waals surface area contributed by atoms with Crippen LogP contribution in [0.15, 0.2) is 35.3 Å². The van der Waals surface area contributed by atoms with Gasteiger partial charge >= 0.3 is 0 Å². The van der Waals surface area contributed by atoms with Crippen molar-refractivity contribution >= 4 is 17.3 Å². The molecular formula is C14H16N4O2. The molecule has 6 heteroatoms. The number of amides is 1. The molecule has 0 radical (unpaired) electrons. The number of carbonyl (C=O) groups excluding carboxylic acids is 1. The van der Waals surface area contributed by atoms with Crippen LogP contribution in [0.2, 0.25) is 0 Å². The zero-order valence-corrected chi connectivity index (χ0v) is 11.4. The standard InChI is InChI=1S/C14H16N4O2/c1-9-5-14(20)18(16-7-9)8-13(19)17-12-6-11(15)4-3-10(12)2/h3-7H,8,15H2,1-2H3,(H,17,19). The molecule has 0 fully saturated rings. The van der Waals surface area contributed by atoms with Crippen molar-refractivity contribution in [2.45, 2.75) is 20.4 Å². The van der Waals surface area contributed by atoms with Crippen molar-refractivity contribution in [3.8, 4) is 0 Å². The largest absolute Gasteiger partial charge is 0.399 e. The number of hydrogen-bond acceptors (Lipinski definition) is 4. The average Bonchev–Trinajstić information content (AvgIpc) is 2.37. The van der Waals surface area contributed by atoms with Crippen LogP contribution >= 0.6 is 0 Å². The normalized spacial score (nSPS) is 10.3. The number of aryl methyl sites for hydroxylation is 2. The van der Waals surface area contributed by atoms with E-state index in [9.17, 15) is 9.59 Å². The predicted octanol–water partition coefficient (Wildman–Crippen LogP) is 1.08. The summed E-state index contributed by atoms with van der Waals surface area (Å²) in [7, 11) is 0. The Bertz CT molecular complexity index is 707. The van der Waals surface area contributed by atoms with E-state index in [1.54, 1.807) is 25.3 Å². The maximum atomic E-state index is 11.9. The molecule has 2 rings (SSSR count). The van der Waals surface area contributed by atoms with Crippen LogP contribution < -0.4 is 16.6 Å². The van der Waals surface area contributed by atoms with E-state index in [0.717, 1.165) is 15.8 Å². The SMILES string of the molecule is Cc1cnn(CC(=O)Nc2cc(N)ccc2C)c(=O)c1. The number of carbonyl (C=O) groups is 1. The van der Waals surface area contributed by atoms with Gasteiger partial charge in [-0.3, -0.25) is 9.59 Å². The smallest absolute Gasteiger partial charge is 0.267 e. The van der Waals surface area contributed by atoms with Crippen LogP contribution in [0.1, 0.15) is 11.1 Å². The molecule has 0 atom stereocenters. The second-order valence-corrected chi connectivity index (χ2v) is 4.65. The summed E-state index contributed by atoms with van der Waals surface area (Å²) < 4.78 is 1.12. The molecule has 0 unspecified atom stereocenters. The van der Waals surface area contributed by atoms with Crippen LogP contribution in [-0.4, -0.2) is 15.7 Å². The van der Waals surface area contributed by atoms with Gasteiger partial charge in [-0.15, -0.1) is 0 Å². The van der Waals surface area contributed by atoms with E-state index in [1.807, 2.05) is 13.0 Å². The summed E-state index contributed by atoms with van der Waals surface area (Å²) in [6.45, 7) is 3.51. The van der Waals surface area contributed by atoms with Crippen molar-refractivity contribution in [3.05, 3.63) is 51.9 Å². The third-order valence-corrected chi connectivity index (χ3v) is 2.84. The van der Waals surface area contributed by atoms with Crippen LogP contribution in [0.5, 0.6) is 0 Å². The Kier molecular flexibility index (Phi) is 3.84. The number of nitrogens with one attached hydrogen (secondary N) is 1. The number of hydrogen-bond donors (Lipinski definition) is 2. The molecule has 1 aromatic carbocycles. The monoisotopic (exact) mass is 272 g/mol. The van der Waals surface area contributed by atoms with Gasteiger partial charge in [0, 0.05) is 17.4 Å².